The van der Waals surface area contributed by atoms with Crippen molar-refractivity contribution in [3.05, 3.63) is 57.8 Å². The monoisotopic (exact) mass is 391 g/mol. The molecule has 1 unspecified atom stereocenters. The van der Waals surface area contributed by atoms with E-state index in [0.29, 0.717) is 18.5 Å². The van der Waals surface area contributed by atoms with Crippen LogP contribution in [0.5, 0.6) is 0 Å². The van der Waals surface area contributed by atoms with E-state index in [2.05, 4.69) is 20.8 Å². The number of amides is 1. The van der Waals surface area contributed by atoms with Crippen molar-refractivity contribution in [1.29, 1.82) is 0 Å². The molecule has 4 nitrogen and oxygen atoms in total. The molecule has 26 heavy (non-hydrogen) atoms. The fourth-order valence-corrected chi connectivity index (χ4v) is 6.24. The fourth-order valence-electron chi connectivity index (χ4n) is 3.24. The van der Waals surface area contributed by atoms with E-state index in [-0.39, 0.29) is 23.6 Å². The number of benzene rings is 1. The largest absolute Gasteiger partial charge is 0.338 e. The van der Waals surface area contributed by atoms with Crippen molar-refractivity contribution in [2.45, 2.75) is 37.9 Å². The molecule has 0 radical (unpaired) electrons. The predicted octanol–water partition coefficient (Wildman–Crippen LogP) is 4.05. The van der Waals surface area contributed by atoms with Crippen LogP contribution in [0.1, 0.15) is 53.2 Å². The Morgan fingerprint density at radius 2 is 1.81 bits per heavy atom. The van der Waals surface area contributed by atoms with Gasteiger partial charge in [-0.15, -0.1) is 11.3 Å². The Labute approximate surface area is 159 Å². The number of thiophene rings is 1. The van der Waals surface area contributed by atoms with Gasteiger partial charge in [0.15, 0.2) is 9.84 Å². The van der Waals surface area contributed by atoms with Crippen molar-refractivity contribution in [1.82, 2.24) is 4.90 Å². The first-order valence-corrected chi connectivity index (χ1v) is 11.4. The van der Waals surface area contributed by atoms with Crippen molar-refractivity contribution in [3.8, 4) is 0 Å². The second-order valence-electron chi connectivity index (χ2n) is 7.78. The van der Waals surface area contributed by atoms with Gasteiger partial charge in [-0.3, -0.25) is 4.79 Å². The average molecular weight is 392 g/mol. The first-order chi connectivity index (χ1) is 12.2. The van der Waals surface area contributed by atoms with Crippen molar-refractivity contribution in [2.24, 2.45) is 0 Å². The molecule has 1 aromatic heterocycles. The summed E-state index contributed by atoms with van der Waals surface area (Å²) in [5.41, 5.74) is 1.82. The van der Waals surface area contributed by atoms with E-state index in [1.54, 1.807) is 4.90 Å². The molecule has 1 saturated heterocycles. The molecule has 1 atom stereocenters. The predicted molar refractivity (Wildman–Crippen MR) is 107 cm³/mol. The molecule has 2 heterocycles. The van der Waals surface area contributed by atoms with Gasteiger partial charge in [-0.05, 0) is 41.0 Å². The summed E-state index contributed by atoms with van der Waals surface area (Å²) in [7, 11) is -3.24. The molecule has 0 spiro atoms. The van der Waals surface area contributed by atoms with Crippen LogP contribution >= 0.6 is 11.3 Å². The topological polar surface area (TPSA) is 54.5 Å². The first kappa shape index (κ1) is 19.1. The Morgan fingerprint density at radius 3 is 2.38 bits per heavy atom. The molecule has 1 aromatic carbocycles. The van der Waals surface area contributed by atoms with Gasteiger partial charge in [-0.1, -0.05) is 39.0 Å². The van der Waals surface area contributed by atoms with Crippen LogP contribution in [-0.2, 0) is 15.3 Å². The van der Waals surface area contributed by atoms with Gasteiger partial charge in [0.1, 0.15) is 0 Å². The van der Waals surface area contributed by atoms with Crippen LogP contribution < -0.4 is 0 Å². The summed E-state index contributed by atoms with van der Waals surface area (Å²) in [6, 6.07) is 11.4. The van der Waals surface area contributed by atoms with Crippen molar-refractivity contribution < 1.29 is 13.2 Å². The number of sulfone groups is 1. The smallest absolute Gasteiger partial charge is 0.253 e. The minimum atomic E-state index is -3.24. The Kier molecular flexibility index (Phi) is 5.26. The zero-order chi connectivity index (χ0) is 18.9. The number of hydrogen-bond donors (Lipinski definition) is 0. The van der Waals surface area contributed by atoms with E-state index in [4.69, 9.17) is 0 Å². The Morgan fingerprint density at radius 1 is 1.12 bits per heavy atom. The molecule has 0 saturated carbocycles. The summed E-state index contributed by atoms with van der Waals surface area (Å²) in [6.07, 6.45) is 0.453. The van der Waals surface area contributed by atoms with E-state index in [9.17, 15) is 13.2 Å². The molecule has 1 aliphatic heterocycles. The lowest BCUT2D eigenvalue weighted by Gasteiger charge is -2.22. The summed E-state index contributed by atoms with van der Waals surface area (Å²) >= 11 is 1.47. The van der Waals surface area contributed by atoms with Crippen LogP contribution in [0.25, 0.3) is 0 Å². The SMILES string of the molecule is CC(C)(C)c1ccc(C(=O)N2CCC(c3cccs3)S(=O)(=O)CC2)cc1. The summed E-state index contributed by atoms with van der Waals surface area (Å²) in [5.74, 6) is -0.0750. The third-order valence-corrected chi connectivity index (χ3v) is 8.13. The van der Waals surface area contributed by atoms with Crippen LogP contribution in [0, 0.1) is 0 Å². The lowest BCUT2D eigenvalue weighted by molar-refractivity contribution is 0.0766. The zero-order valence-electron chi connectivity index (χ0n) is 15.4. The summed E-state index contributed by atoms with van der Waals surface area (Å²) in [6.45, 7) is 7.11. The molecular formula is C20H25NO3S2. The van der Waals surface area contributed by atoms with Gasteiger partial charge >= 0.3 is 0 Å². The minimum Gasteiger partial charge on any atom is -0.338 e. The maximum Gasteiger partial charge on any atom is 0.253 e. The summed E-state index contributed by atoms with van der Waals surface area (Å²) in [5, 5.41) is 1.40. The van der Waals surface area contributed by atoms with Gasteiger partial charge in [0, 0.05) is 23.5 Å². The van der Waals surface area contributed by atoms with Crippen molar-refractivity contribution >= 4 is 27.1 Å². The van der Waals surface area contributed by atoms with Gasteiger partial charge in [0.25, 0.3) is 5.91 Å². The number of carbonyl (C=O) groups excluding carboxylic acids is 1. The third kappa shape index (κ3) is 4.01. The molecule has 140 valence electrons. The van der Waals surface area contributed by atoms with Gasteiger partial charge in [0.05, 0.1) is 11.0 Å². The number of carbonyl (C=O) groups is 1. The normalized spacial score (nSPS) is 20.6. The first-order valence-electron chi connectivity index (χ1n) is 8.83. The average Bonchev–Trinajstić information content (AvgIpc) is 3.05. The minimum absolute atomic E-state index is 0.0153. The number of hydrogen-bond acceptors (Lipinski definition) is 4. The Hall–Kier alpha value is -1.66. The molecule has 0 bridgehead atoms. The van der Waals surface area contributed by atoms with E-state index in [1.807, 2.05) is 41.8 Å². The molecule has 1 amide bonds. The van der Waals surface area contributed by atoms with Crippen molar-refractivity contribution in [2.75, 3.05) is 18.8 Å². The lowest BCUT2D eigenvalue weighted by atomic mass is 9.86. The van der Waals surface area contributed by atoms with E-state index in [1.165, 1.54) is 16.9 Å². The molecule has 1 fully saturated rings. The summed E-state index contributed by atoms with van der Waals surface area (Å²) < 4.78 is 25.3. The molecule has 6 heteroatoms. The fraction of sp³-hybridized carbons (Fsp3) is 0.450. The highest BCUT2D eigenvalue weighted by molar-refractivity contribution is 7.91. The quantitative estimate of drug-likeness (QED) is 0.776. The number of nitrogens with zero attached hydrogens (tertiary/aromatic N) is 1. The second kappa shape index (κ2) is 7.16. The van der Waals surface area contributed by atoms with Gasteiger partial charge < -0.3 is 4.90 Å². The third-order valence-electron chi connectivity index (χ3n) is 4.89. The maximum absolute atomic E-state index is 12.9. The molecule has 1 aliphatic rings. The molecule has 0 N–H and O–H groups in total. The molecule has 2 aromatic rings. The highest BCUT2D eigenvalue weighted by Crippen LogP contribution is 2.32. The van der Waals surface area contributed by atoms with E-state index in [0.717, 1.165) is 4.88 Å². The zero-order valence-corrected chi connectivity index (χ0v) is 17.1. The number of rotatable bonds is 2. The van der Waals surface area contributed by atoms with Gasteiger partial charge in [-0.25, -0.2) is 8.42 Å². The van der Waals surface area contributed by atoms with Crippen molar-refractivity contribution in [3.63, 3.8) is 0 Å². The molecule has 3 rings (SSSR count). The highest BCUT2D eigenvalue weighted by Gasteiger charge is 2.33. The van der Waals surface area contributed by atoms with Gasteiger partial charge in [0.2, 0.25) is 0 Å². The van der Waals surface area contributed by atoms with Crippen LogP contribution in [0.4, 0.5) is 0 Å². The van der Waals surface area contributed by atoms with Crippen LogP contribution in [0.15, 0.2) is 41.8 Å². The molecule has 0 aliphatic carbocycles. The standard InChI is InChI=1S/C20H25NO3S2/c1-20(2,3)16-8-6-15(7-9-16)19(22)21-11-10-18(17-5-4-13-25-17)26(23,24)14-12-21/h4-9,13,18H,10-12,14H2,1-3H3. The Bertz CT molecular complexity index is 863. The Balaban J connectivity index is 1.77. The van der Waals surface area contributed by atoms with E-state index >= 15 is 0 Å². The van der Waals surface area contributed by atoms with Crippen LogP contribution in [-0.4, -0.2) is 38.1 Å². The van der Waals surface area contributed by atoms with Crippen LogP contribution in [0.2, 0.25) is 0 Å². The summed E-state index contributed by atoms with van der Waals surface area (Å²) in [4.78, 5) is 15.4. The molecular weight excluding hydrogens is 366 g/mol. The van der Waals surface area contributed by atoms with E-state index < -0.39 is 15.1 Å². The second-order valence-corrected chi connectivity index (χ2v) is 11.1. The lowest BCUT2D eigenvalue weighted by Crippen LogP contribution is -2.33. The highest BCUT2D eigenvalue weighted by atomic mass is 32.2. The van der Waals surface area contributed by atoms with Gasteiger partial charge in [-0.2, -0.15) is 0 Å². The van der Waals surface area contributed by atoms with Crippen LogP contribution in [0.3, 0.4) is 0 Å². The maximum atomic E-state index is 12.9.